The van der Waals surface area contributed by atoms with Crippen molar-refractivity contribution >= 4 is 11.5 Å². The fourth-order valence-corrected chi connectivity index (χ4v) is 5.77. The maximum absolute atomic E-state index is 13.6. The van der Waals surface area contributed by atoms with E-state index < -0.39 is 0 Å². The van der Waals surface area contributed by atoms with Crippen LogP contribution >= 0.6 is 0 Å². The number of rotatable bonds is 4. The molecule has 3 heteroatoms. The van der Waals surface area contributed by atoms with Crippen LogP contribution in [0.2, 0.25) is 0 Å². The number of hydrogen-bond donors (Lipinski definition) is 1. The Hall–Kier alpha value is -2.08. The zero-order chi connectivity index (χ0) is 21.4. The fourth-order valence-electron chi connectivity index (χ4n) is 5.77. The van der Waals surface area contributed by atoms with Crippen LogP contribution in [0.25, 0.3) is 5.70 Å². The van der Waals surface area contributed by atoms with E-state index in [9.17, 15) is 10.1 Å². The van der Waals surface area contributed by atoms with E-state index in [1.165, 1.54) is 12.0 Å². The summed E-state index contributed by atoms with van der Waals surface area (Å²) >= 11 is 0. The average molecular weight is 393 g/mol. The van der Waals surface area contributed by atoms with Gasteiger partial charge in [0.15, 0.2) is 5.78 Å². The molecule has 0 radical (unpaired) electrons. The van der Waals surface area contributed by atoms with Crippen LogP contribution in [0.5, 0.6) is 0 Å². The van der Waals surface area contributed by atoms with E-state index in [0.29, 0.717) is 11.8 Å². The number of hydrogen-bond acceptors (Lipinski definition) is 3. The highest BCUT2D eigenvalue weighted by atomic mass is 16.1. The first-order valence-corrected chi connectivity index (χ1v) is 11.2. The zero-order valence-electron chi connectivity index (χ0n) is 19.0. The molecule has 156 valence electrons. The van der Waals surface area contributed by atoms with Crippen molar-refractivity contribution in [1.29, 1.82) is 5.26 Å². The van der Waals surface area contributed by atoms with Gasteiger partial charge >= 0.3 is 0 Å². The van der Waals surface area contributed by atoms with Gasteiger partial charge in [0.05, 0.1) is 11.6 Å². The molecule has 0 spiro atoms. The van der Waals surface area contributed by atoms with E-state index in [1.807, 2.05) is 12.1 Å². The number of nitrogens with zero attached hydrogens (tertiary/aromatic N) is 1. The second-order valence-electron chi connectivity index (χ2n) is 10.2. The molecule has 3 nitrogen and oxygen atoms in total. The highest BCUT2D eigenvalue weighted by molar-refractivity contribution is 6.01. The summed E-state index contributed by atoms with van der Waals surface area (Å²) in [6, 6.07) is 6.51. The molecular formula is C26H36N2O. The molecule has 29 heavy (non-hydrogen) atoms. The number of benzene rings is 1. The molecule has 2 aliphatic rings. The van der Waals surface area contributed by atoms with E-state index in [2.05, 4.69) is 59.0 Å². The van der Waals surface area contributed by atoms with Crippen molar-refractivity contribution < 1.29 is 4.79 Å². The maximum atomic E-state index is 13.6. The van der Waals surface area contributed by atoms with E-state index in [1.54, 1.807) is 0 Å². The van der Waals surface area contributed by atoms with Crippen LogP contribution in [0.4, 0.5) is 0 Å². The lowest BCUT2D eigenvalue weighted by Crippen LogP contribution is -2.44. The summed E-state index contributed by atoms with van der Waals surface area (Å²) in [4.78, 5) is 13.6. The Kier molecular flexibility index (Phi) is 5.95. The van der Waals surface area contributed by atoms with Gasteiger partial charge in [0.25, 0.3) is 0 Å². The van der Waals surface area contributed by atoms with E-state index in [4.69, 9.17) is 0 Å². The largest absolute Gasteiger partial charge is 0.379 e. The topological polar surface area (TPSA) is 52.9 Å². The minimum absolute atomic E-state index is 0.120. The summed E-state index contributed by atoms with van der Waals surface area (Å²) in [5.41, 5.74) is 4.58. The third-order valence-electron chi connectivity index (χ3n) is 6.98. The van der Waals surface area contributed by atoms with Gasteiger partial charge in [-0.15, -0.1) is 0 Å². The summed E-state index contributed by atoms with van der Waals surface area (Å²) in [6.07, 6.45) is 7.65. The van der Waals surface area contributed by atoms with Crippen LogP contribution in [0.3, 0.4) is 0 Å². The molecular weight excluding hydrogens is 356 g/mol. The summed E-state index contributed by atoms with van der Waals surface area (Å²) < 4.78 is 0. The molecule has 0 amide bonds. The molecule has 1 aromatic rings. The Bertz CT molecular complexity index is 861. The van der Waals surface area contributed by atoms with E-state index in [0.717, 1.165) is 54.5 Å². The average Bonchev–Trinajstić information content (AvgIpc) is 2.65. The van der Waals surface area contributed by atoms with Crippen molar-refractivity contribution in [3.63, 3.8) is 0 Å². The van der Waals surface area contributed by atoms with Crippen LogP contribution in [-0.2, 0) is 17.6 Å². The van der Waals surface area contributed by atoms with Gasteiger partial charge < -0.3 is 5.32 Å². The van der Waals surface area contributed by atoms with Gasteiger partial charge in [-0.1, -0.05) is 33.8 Å². The molecule has 3 rings (SSSR count). The van der Waals surface area contributed by atoms with Crippen LogP contribution < -0.4 is 5.32 Å². The summed E-state index contributed by atoms with van der Waals surface area (Å²) in [6.45, 7) is 13.2. The molecule has 1 heterocycles. The normalized spacial score (nSPS) is 29.6. The minimum atomic E-state index is -0.255. The smallest absolute Gasteiger partial charge is 0.163 e. The summed E-state index contributed by atoms with van der Waals surface area (Å²) in [5.74, 6) is 1.42. The lowest BCUT2D eigenvalue weighted by atomic mass is 9.62. The van der Waals surface area contributed by atoms with Crippen molar-refractivity contribution in [3.05, 3.63) is 40.5 Å². The number of aryl methyl sites for hydroxylation is 1. The van der Waals surface area contributed by atoms with Crippen molar-refractivity contribution in [2.45, 2.75) is 85.6 Å². The first-order valence-electron chi connectivity index (χ1n) is 11.2. The quantitative estimate of drug-likeness (QED) is 0.658. The van der Waals surface area contributed by atoms with Gasteiger partial charge in [-0.3, -0.25) is 4.79 Å². The highest BCUT2D eigenvalue weighted by Crippen LogP contribution is 2.46. The van der Waals surface area contributed by atoms with Crippen LogP contribution in [0.1, 0.15) is 89.5 Å². The molecule has 1 N–H and O–H groups in total. The number of nitrogens with one attached hydrogen (secondary N) is 1. The van der Waals surface area contributed by atoms with Crippen LogP contribution in [0.15, 0.2) is 18.2 Å². The Morgan fingerprint density at radius 3 is 2.45 bits per heavy atom. The Morgan fingerprint density at radius 1 is 1.24 bits per heavy atom. The van der Waals surface area contributed by atoms with Crippen molar-refractivity contribution in [3.8, 4) is 6.07 Å². The predicted molar refractivity (Wildman–Crippen MR) is 119 cm³/mol. The molecule has 1 saturated carbocycles. The van der Waals surface area contributed by atoms with Crippen molar-refractivity contribution in [2.75, 3.05) is 0 Å². The van der Waals surface area contributed by atoms with E-state index in [-0.39, 0.29) is 16.7 Å². The Morgan fingerprint density at radius 2 is 1.90 bits per heavy atom. The number of nitriles is 1. The molecule has 0 aromatic heterocycles. The van der Waals surface area contributed by atoms with Gasteiger partial charge in [-0.2, -0.15) is 5.26 Å². The second-order valence-corrected chi connectivity index (χ2v) is 10.2. The SMILES string of the molecule is CCc1cc2c(cc1C#N)/C(=C/C(=O)C1(CC)CC(C)CC(C)C1)NC(C)(C)C2. The van der Waals surface area contributed by atoms with Gasteiger partial charge in [-0.25, -0.2) is 0 Å². The van der Waals surface area contributed by atoms with Crippen LogP contribution in [-0.4, -0.2) is 11.3 Å². The molecule has 1 fully saturated rings. The first-order chi connectivity index (χ1) is 13.6. The minimum Gasteiger partial charge on any atom is -0.379 e. The molecule has 1 aromatic carbocycles. The molecule has 1 aliphatic carbocycles. The highest BCUT2D eigenvalue weighted by Gasteiger charge is 2.42. The third-order valence-corrected chi connectivity index (χ3v) is 6.98. The number of carbonyl (C=O) groups excluding carboxylic acids is 1. The van der Waals surface area contributed by atoms with Gasteiger partial charge in [0.2, 0.25) is 0 Å². The fraction of sp³-hybridized carbons (Fsp3) is 0.615. The van der Waals surface area contributed by atoms with Gasteiger partial charge in [0, 0.05) is 28.3 Å². The monoisotopic (exact) mass is 392 g/mol. The van der Waals surface area contributed by atoms with Gasteiger partial charge in [-0.05, 0) is 81.4 Å². The number of ketones is 1. The van der Waals surface area contributed by atoms with E-state index >= 15 is 0 Å². The molecule has 1 aliphatic heterocycles. The number of carbonyl (C=O) groups is 1. The van der Waals surface area contributed by atoms with Crippen molar-refractivity contribution in [2.24, 2.45) is 17.3 Å². The lowest BCUT2D eigenvalue weighted by Gasteiger charge is -2.41. The molecule has 0 bridgehead atoms. The third kappa shape index (κ3) is 4.27. The zero-order valence-corrected chi connectivity index (χ0v) is 19.0. The first kappa shape index (κ1) is 21.6. The van der Waals surface area contributed by atoms with Gasteiger partial charge in [0.1, 0.15) is 0 Å². The predicted octanol–water partition coefficient (Wildman–Crippen LogP) is 5.81. The summed E-state index contributed by atoms with van der Waals surface area (Å²) in [5, 5.41) is 13.2. The Labute approximate surface area is 176 Å². The van der Waals surface area contributed by atoms with Crippen molar-refractivity contribution in [1.82, 2.24) is 5.32 Å². The molecule has 2 unspecified atom stereocenters. The number of fused-ring (bicyclic) bond motifs is 1. The lowest BCUT2D eigenvalue weighted by molar-refractivity contribution is -0.127. The maximum Gasteiger partial charge on any atom is 0.163 e. The second kappa shape index (κ2) is 7.98. The molecule has 0 saturated heterocycles. The molecule has 2 atom stereocenters. The number of allylic oxidation sites excluding steroid dienone is 1. The standard InChI is InChI=1S/C26H36N2O/c1-7-19-10-20-15-25(5,6)28-23(22(20)11-21(19)16-27)12-24(29)26(8-2)13-17(3)9-18(4)14-26/h10-12,17-18,28H,7-9,13-15H2,1-6H3/b23-12-. The van der Waals surface area contributed by atoms with Crippen LogP contribution in [0, 0.1) is 28.6 Å². The Balaban J connectivity index is 2.07. The summed E-state index contributed by atoms with van der Waals surface area (Å²) in [7, 11) is 0.